The molecule has 5 nitrogen and oxygen atoms in total. The molecular formula is C10H10ClN3O2. The molecule has 0 spiro atoms. The van der Waals surface area contributed by atoms with Crippen molar-refractivity contribution in [3.05, 3.63) is 29.0 Å². The van der Waals surface area contributed by atoms with Gasteiger partial charge in [-0.05, 0) is 18.2 Å². The molecule has 1 heterocycles. The van der Waals surface area contributed by atoms with E-state index in [0.717, 1.165) is 0 Å². The van der Waals surface area contributed by atoms with E-state index in [2.05, 4.69) is 10.1 Å². The Morgan fingerprint density at radius 1 is 1.50 bits per heavy atom. The van der Waals surface area contributed by atoms with Gasteiger partial charge in [0.1, 0.15) is 5.75 Å². The summed E-state index contributed by atoms with van der Waals surface area (Å²) < 4.78 is 10.2. The van der Waals surface area contributed by atoms with E-state index in [1.165, 1.54) is 0 Å². The molecule has 6 heteroatoms. The van der Waals surface area contributed by atoms with Gasteiger partial charge in [-0.3, -0.25) is 0 Å². The van der Waals surface area contributed by atoms with E-state index in [0.29, 0.717) is 28.1 Å². The summed E-state index contributed by atoms with van der Waals surface area (Å²) in [5.41, 5.74) is 6.05. The molecule has 0 unspecified atom stereocenters. The molecule has 0 aliphatic rings. The van der Waals surface area contributed by atoms with Crippen molar-refractivity contribution < 1.29 is 9.26 Å². The number of hydrogen-bond acceptors (Lipinski definition) is 5. The summed E-state index contributed by atoms with van der Waals surface area (Å²) in [4.78, 5) is 4.11. The number of hydrogen-bond donors (Lipinski definition) is 1. The SMILES string of the molecule is COc1ccc(Cl)cc1-c1nc(CN)no1. The summed E-state index contributed by atoms with van der Waals surface area (Å²) in [7, 11) is 1.56. The van der Waals surface area contributed by atoms with Crippen molar-refractivity contribution >= 4 is 11.6 Å². The van der Waals surface area contributed by atoms with Gasteiger partial charge in [-0.2, -0.15) is 4.98 Å². The standard InChI is InChI=1S/C10H10ClN3O2/c1-15-8-3-2-6(11)4-7(8)10-13-9(5-12)14-16-10/h2-4H,5,12H2,1H3. The molecule has 0 atom stereocenters. The van der Waals surface area contributed by atoms with Gasteiger partial charge >= 0.3 is 0 Å². The first kappa shape index (κ1) is 10.9. The lowest BCUT2D eigenvalue weighted by Crippen LogP contribution is -1.97. The molecule has 2 N–H and O–H groups in total. The van der Waals surface area contributed by atoms with Gasteiger partial charge in [0.15, 0.2) is 5.82 Å². The zero-order valence-electron chi connectivity index (χ0n) is 8.61. The van der Waals surface area contributed by atoms with E-state index in [4.69, 9.17) is 26.6 Å². The summed E-state index contributed by atoms with van der Waals surface area (Å²) in [5, 5.41) is 4.28. The quantitative estimate of drug-likeness (QED) is 0.885. The summed E-state index contributed by atoms with van der Waals surface area (Å²) in [5.74, 6) is 1.41. The lowest BCUT2D eigenvalue weighted by molar-refractivity contribution is 0.403. The van der Waals surface area contributed by atoms with Crippen LogP contribution in [0.2, 0.25) is 5.02 Å². The molecule has 0 aliphatic heterocycles. The first-order valence-electron chi connectivity index (χ1n) is 4.61. The Morgan fingerprint density at radius 3 is 2.94 bits per heavy atom. The van der Waals surface area contributed by atoms with E-state index in [1.54, 1.807) is 25.3 Å². The smallest absolute Gasteiger partial charge is 0.261 e. The van der Waals surface area contributed by atoms with Gasteiger partial charge in [0.2, 0.25) is 0 Å². The lowest BCUT2D eigenvalue weighted by Gasteiger charge is -2.04. The second-order valence-electron chi connectivity index (χ2n) is 3.06. The molecule has 16 heavy (non-hydrogen) atoms. The van der Waals surface area contributed by atoms with Gasteiger partial charge in [0, 0.05) is 5.02 Å². The molecule has 2 aromatic rings. The first-order valence-corrected chi connectivity index (χ1v) is 4.99. The van der Waals surface area contributed by atoms with Crippen molar-refractivity contribution in [2.24, 2.45) is 5.73 Å². The van der Waals surface area contributed by atoms with E-state index < -0.39 is 0 Å². The topological polar surface area (TPSA) is 74.2 Å². The molecular weight excluding hydrogens is 230 g/mol. The van der Waals surface area contributed by atoms with Crippen LogP contribution in [0.3, 0.4) is 0 Å². The van der Waals surface area contributed by atoms with E-state index in [-0.39, 0.29) is 6.54 Å². The molecule has 1 aromatic carbocycles. The Labute approximate surface area is 97.2 Å². The molecule has 84 valence electrons. The minimum atomic E-state index is 0.229. The summed E-state index contributed by atoms with van der Waals surface area (Å²) in [6, 6.07) is 5.17. The number of ether oxygens (including phenoxy) is 1. The lowest BCUT2D eigenvalue weighted by atomic mass is 10.2. The maximum Gasteiger partial charge on any atom is 0.261 e. The highest BCUT2D eigenvalue weighted by Gasteiger charge is 2.13. The van der Waals surface area contributed by atoms with Crippen molar-refractivity contribution in [1.82, 2.24) is 10.1 Å². The Morgan fingerprint density at radius 2 is 2.31 bits per heavy atom. The maximum atomic E-state index is 5.89. The molecule has 0 saturated carbocycles. The number of methoxy groups -OCH3 is 1. The van der Waals surface area contributed by atoms with Crippen LogP contribution in [-0.4, -0.2) is 17.3 Å². The van der Waals surface area contributed by atoms with Crippen molar-refractivity contribution in [3.63, 3.8) is 0 Å². The summed E-state index contributed by atoms with van der Waals surface area (Å²) >= 11 is 5.89. The van der Waals surface area contributed by atoms with Crippen LogP contribution >= 0.6 is 11.6 Å². The van der Waals surface area contributed by atoms with Crippen molar-refractivity contribution in [2.45, 2.75) is 6.54 Å². The average molecular weight is 240 g/mol. The van der Waals surface area contributed by atoms with Crippen LogP contribution in [0.15, 0.2) is 22.7 Å². The molecule has 1 aromatic heterocycles. The number of rotatable bonds is 3. The minimum absolute atomic E-state index is 0.229. The second-order valence-corrected chi connectivity index (χ2v) is 3.50. The van der Waals surface area contributed by atoms with Crippen LogP contribution < -0.4 is 10.5 Å². The third kappa shape index (κ3) is 2.00. The molecule has 2 rings (SSSR count). The van der Waals surface area contributed by atoms with E-state index in [1.807, 2.05) is 0 Å². The number of nitrogens with zero attached hydrogens (tertiary/aromatic N) is 2. The molecule has 0 aliphatic carbocycles. The third-order valence-electron chi connectivity index (χ3n) is 2.04. The minimum Gasteiger partial charge on any atom is -0.496 e. The highest BCUT2D eigenvalue weighted by Crippen LogP contribution is 2.31. The highest BCUT2D eigenvalue weighted by molar-refractivity contribution is 6.30. The maximum absolute atomic E-state index is 5.89. The second kappa shape index (κ2) is 4.51. The normalized spacial score (nSPS) is 10.4. The summed E-state index contributed by atoms with van der Waals surface area (Å²) in [6.07, 6.45) is 0. The monoisotopic (exact) mass is 239 g/mol. The van der Waals surface area contributed by atoms with E-state index in [9.17, 15) is 0 Å². The number of halogens is 1. The van der Waals surface area contributed by atoms with Crippen molar-refractivity contribution in [1.29, 1.82) is 0 Å². The fourth-order valence-electron chi connectivity index (χ4n) is 1.29. The molecule has 0 amide bonds. The van der Waals surface area contributed by atoms with Crippen LogP contribution in [0.25, 0.3) is 11.5 Å². The van der Waals surface area contributed by atoms with Crippen molar-refractivity contribution in [2.75, 3.05) is 7.11 Å². The Kier molecular flexibility index (Phi) is 3.07. The number of benzene rings is 1. The Balaban J connectivity index is 2.49. The van der Waals surface area contributed by atoms with Crippen LogP contribution in [0.1, 0.15) is 5.82 Å². The van der Waals surface area contributed by atoms with Gasteiger partial charge in [0.25, 0.3) is 5.89 Å². The average Bonchev–Trinajstić information content (AvgIpc) is 2.77. The zero-order valence-corrected chi connectivity index (χ0v) is 9.36. The fraction of sp³-hybridized carbons (Fsp3) is 0.200. The Bertz CT molecular complexity index is 499. The van der Waals surface area contributed by atoms with Gasteiger partial charge in [-0.25, -0.2) is 0 Å². The van der Waals surface area contributed by atoms with Gasteiger partial charge in [-0.1, -0.05) is 16.8 Å². The summed E-state index contributed by atoms with van der Waals surface area (Å²) in [6.45, 7) is 0.229. The van der Waals surface area contributed by atoms with Gasteiger partial charge in [-0.15, -0.1) is 0 Å². The van der Waals surface area contributed by atoms with E-state index >= 15 is 0 Å². The van der Waals surface area contributed by atoms with Crippen molar-refractivity contribution in [3.8, 4) is 17.2 Å². The molecule has 0 saturated heterocycles. The first-order chi connectivity index (χ1) is 7.74. The molecule has 0 radical (unpaired) electrons. The number of nitrogens with two attached hydrogens (primary N) is 1. The molecule has 0 bridgehead atoms. The fourth-order valence-corrected chi connectivity index (χ4v) is 1.47. The largest absolute Gasteiger partial charge is 0.496 e. The highest BCUT2D eigenvalue weighted by atomic mass is 35.5. The van der Waals surface area contributed by atoms with Crippen LogP contribution in [0, 0.1) is 0 Å². The zero-order chi connectivity index (χ0) is 11.5. The van der Waals surface area contributed by atoms with Gasteiger partial charge in [0.05, 0.1) is 19.2 Å². The predicted octanol–water partition coefficient (Wildman–Crippen LogP) is 1.86. The van der Waals surface area contributed by atoms with Crippen LogP contribution in [-0.2, 0) is 6.54 Å². The van der Waals surface area contributed by atoms with Crippen LogP contribution in [0.5, 0.6) is 5.75 Å². The predicted molar refractivity (Wildman–Crippen MR) is 59.2 cm³/mol. The molecule has 0 fully saturated rings. The Hall–Kier alpha value is -1.59. The third-order valence-corrected chi connectivity index (χ3v) is 2.28. The van der Waals surface area contributed by atoms with Crippen LogP contribution in [0.4, 0.5) is 0 Å². The van der Waals surface area contributed by atoms with Gasteiger partial charge < -0.3 is 15.0 Å². The number of aromatic nitrogens is 2.